The van der Waals surface area contributed by atoms with E-state index in [-0.39, 0.29) is 0 Å². The van der Waals surface area contributed by atoms with Crippen LogP contribution in [0.15, 0.2) is 0 Å². The first-order chi connectivity index (χ1) is 5.72. The molecule has 0 amide bonds. The zero-order chi connectivity index (χ0) is 9.40. The second-order valence-electron chi connectivity index (χ2n) is 3.58. The van der Waals surface area contributed by atoms with Gasteiger partial charge in [-0.15, -0.1) is 11.6 Å². The van der Waals surface area contributed by atoms with E-state index in [1.807, 2.05) is 0 Å². The van der Waals surface area contributed by atoms with Gasteiger partial charge in [0.05, 0.1) is 0 Å². The smallest absolute Gasteiger partial charge is 0.0263 e. The number of nitrogens with one attached hydrogen (secondary N) is 1. The third-order valence-electron chi connectivity index (χ3n) is 2.34. The number of rotatable bonds is 7. The van der Waals surface area contributed by atoms with Gasteiger partial charge >= 0.3 is 0 Å². The van der Waals surface area contributed by atoms with Gasteiger partial charge in [0, 0.05) is 11.9 Å². The molecule has 0 aliphatic carbocycles. The summed E-state index contributed by atoms with van der Waals surface area (Å²) in [6, 6.07) is 0.555. The normalized spacial score (nSPS) is 16.0. The van der Waals surface area contributed by atoms with Crippen LogP contribution in [0.1, 0.15) is 40.0 Å². The maximum Gasteiger partial charge on any atom is 0.0263 e. The predicted molar refractivity (Wildman–Crippen MR) is 56.9 cm³/mol. The van der Waals surface area contributed by atoms with E-state index >= 15 is 0 Å². The minimum atomic E-state index is 0.555. The van der Waals surface area contributed by atoms with Crippen molar-refractivity contribution < 1.29 is 0 Å². The van der Waals surface area contributed by atoms with E-state index in [0.29, 0.717) is 12.0 Å². The lowest BCUT2D eigenvalue weighted by Crippen LogP contribution is -2.33. The molecule has 74 valence electrons. The monoisotopic (exact) mass is 191 g/mol. The lowest BCUT2D eigenvalue weighted by molar-refractivity contribution is 0.424. The van der Waals surface area contributed by atoms with Gasteiger partial charge in [-0.3, -0.25) is 0 Å². The topological polar surface area (TPSA) is 12.0 Å². The lowest BCUT2D eigenvalue weighted by Gasteiger charge is -2.18. The molecule has 0 aliphatic rings. The zero-order valence-electron chi connectivity index (χ0n) is 8.57. The van der Waals surface area contributed by atoms with Crippen LogP contribution in [0.3, 0.4) is 0 Å². The Morgan fingerprint density at radius 3 is 2.42 bits per heavy atom. The fourth-order valence-corrected chi connectivity index (χ4v) is 1.31. The maximum absolute atomic E-state index is 5.75. The summed E-state index contributed by atoms with van der Waals surface area (Å²) in [7, 11) is 0. The lowest BCUT2D eigenvalue weighted by atomic mass is 10.1. The first-order valence-electron chi connectivity index (χ1n) is 5.01. The molecule has 0 aromatic rings. The largest absolute Gasteiger partial charge is 0.314 e. The Morgan fingerprint density at radius 2 is 1.92 bits per heavy atom. The van der Waals surface area contributed by atoms with Gasteiger partial charge in [0.2, 0.25) is 0 Å². The number of halogens is 1. The second kappa shape index (κ2) is 7.88. The van der Waals surface area contributed by atoms with Crippen molar-refractivity contribution in [2.45, 2.75) is 46.1 Å². The van der Waals surface area contributed by atoms with Crippen molar-refractivity contribution in [1.82, 2.24) is 5.32 Å². The third-order valence-corrected chi connectivity index (χ3v) is 2.83. The summed E-state index contributed by atoms with van der Waals surface area (Å²) < 4.78 is 0. The Bertz CT molecular complexity index is 95.8. The highest BCUT2D eigenvalue weighted by Crippen LogP contribution is 2.04. The number of unbranched alkanes of at least 4 members (excludes halogenated alkanes) is 2. The molecule has 1 nitrogen and oxygen atoms in total. The van der Waals surface area contributed by atoms with Gasteiger partial charge in [0.1, 0.15) is 0 Å². The zero-order valence-corrected chi connectivity index (χ0v) is 9.32. The Labute approximate surface area is 81.9 Å². The van der Waals surface area contributed by atoms with E-state index < -0.39 is 0 Å². The van der Waals surface area contributed by atoms with Gasteiger partial charge in [-0.2, -0.15) is 0 Å². The molecule has 0 bridgehead atoms. The van der Waals surface area contributed by atoms with Crippen LogP contribution in [0.2, 0.25) is 0 Å². The molecule has 0 aromatic heterocycles. The molecule has 12 heavy (non-hydrogen) atoms. The van der Waals surface area contributed by atoms with Crippen LogP contribution in [0.5, 0.6) is 0 Å². The highest BCUT2D eigenvalue weighted by molar-refractivity contribution is 6.18. The van der Waals surface area contributed by atoms with Gasteiger partial charge in [0.25, 0.3) is 0 Å². The van der Waals surface area contributed by atoms with Crippen LogP contribution in [-0.4, -0.2) is 18.5 Å². The fourth-order valence-electron chi connectivity index (χ4n) is 1.04. The van der Waals surface area contributed by atoms with Crippen LogP contribution in [0, 0.1) is 5.92 Å². The molecule has 2 unspecified atom stereocenters. The van der Waals surface area contributed by atoms with Gasteiger partial charge in [-0.25, -0.2) is 0 Å². The van der Waals surface area contributed by atoms with E-state index in [2.05, 4.69) is 26.1 Å². The van der Waals surface area contributed by atoms with Crippen LogP contribution in [-0.2, 0) is 0 Å². The van der Waals surface area contributed by atoms with Crippen molar-refractivity contribution in [3.8, 4) is 0 Å². The van der Waals surface area contributed by atoms with Crippen LogP contribution in [0.25, 0.3) is 0 Å². The van der Waals surface area contributed by atoms with Crippen LogP contribution in [0.4, 0.5) is 0 Å². The van der Waals surface area contributed by atoms with Gasteiger partial charge in [-0.1, -0.05) is 26.7 Å². The van der Waals surface area contributed by atoms with Crippen LogP contribution >= 0.6 is 11.6 Å². The Morgan fingerprint density at radius 1 is 1.25 bits per heavy atom. The molecule has 0 spiro atoms. The van der Waals surface area contributed by atoms with Crippen molar-refractivity contribution in [3.05, 3.63) is 0 Å². The van der Waals surface area contributed by atoms with Gasteiger partial charge < -0.3 is 5.32 Å². The third kappa shape index (κ3) is 5.84. The summed E-state index contributed by atoms with van der Waals surface area (Å²) in [4.78, 5) is 0. The van der Waals surface area contributed by atoms with Crippen LogP contribution < -0.4 is 5.32 Å². The molecule has 0 heterocycles. The highest BCUT2D eigenvalue weighted by Gasteiger charge is 2.08. The minimum Gasteiger partial charge on any atom is -0.314 e. The summed E-state index contributed by atoms with van der Waals surface area (Å²) in [6.07, 6.45) is 3.91. The van der Waals surface area contributed by atoms with E-state index in [0.717, 1.165) is 12.4 Å². The maximum atomic E-state index is 5.75. The molecule has 0 aliphatic heterocycles. The number of alkyl halides is 1. The Hall–Kier alpha value is 0.250. The SMILES string of the molecule is CCCCCNC(C)C(C)CCl. The molecule has 0 rings (SSSR count). The summed E-state index contributed by atoms with van der Waals surface area (Å²) in [6.45, 7) is 7.75. The predicted octanol–water partition coefficient (Wildman–Crippen LogP) is 3.03. The fraction of sp³-hybridized carbons (Fsp3) is 1.00. The number of hydrogen-bond acceptors (Lipinski definition) is 1. The summed E-state index contributed by atoms with van der Waals surface area (Å²) in [5.74, 6) is 1.33. The van der Waals surface area contributed by atoms with Crippen molar-refractivity contribution in [2.24, 2.45) is 5.92 Å². The van der Waals surface area contributed by atoms with E-state index in [4.69, 9.17) is 11.6 Å². The summed E-state index contributed by atoms with van der Waals surface area (Å²) in [5, 5.41) is 3.48. The van der Waals surface area contributed by atoms with Gasteiger partial charge in [0.15, 0.2) is 0 Å². The molecule has 2 atom stereocenters. The van der Waals surface area contributed by atoms with Crippen molar-refractivity contribution in [1.29, 1.82) is 0 Å². The quantitative estimate of drug-likeness (QED) is 0.482. The number of hydrogen-bond donors (Lipinski definition) is 1. The van der Waals surface area contributed by atoms with E-state index in [1.165, 1.54) is 19.3 Å². The molecule has 2 heteroatoms. The molecule has 0 radical (unpaired) electrons. The molecule has 0 saturated heterocycles. The summed E-state index contributed by atoms with van der Waals surface area (Å²) >= 11 is 5.75. The second-order valence-corrected chi connectivity index (χ2v) is 3.89. The van der Waals surface area contributed by atoms with Crippen molar-refractivity contribution >= 4 is 11.6 Å². The Balaban J connectivity index is 3.24. The molecular formula is C10H22ClN. The highest BCUT2D eigenvalue weighted by atomic mass is 35.5. The average Bonchev–Trinajstić information content (AvgIpc) is 2.10. The molecule has 1 N–H and O–H groups in total. The minimum absolute atomic E-state index is 0.555. The Kier molecular flexibility index (Phi) is 8.04. The molecule has 0 fully saturated rings. The first-order valence-corrected chi connectivity index (χ1v) is 5.55. The van der Waals surface area contributed by atoms with E-state index in [1.54, 1.807) is 0 Å². The first kappa shape index (κ1) is 12.2. The molecule has 0 saturated carbocycles. The van der Waals surface area contributed by atoms with Gasteiger partial charge in [-0.05, 0) is 25.8 Å². The molecular weight excluding hydrogens is 170 g/mol. The van der Waals surface area contributed by atoms with Crippen molar-refractivity contribution in [3.63, 3.8) is 0 Å². The standard InChI is InChI=1S/C10H22ClN/c1-4-5-6-7-12-10(3)9(2)8-11/h9-10,12H,4-8H2,1-3H3. The van der Waals surface area contributed by atoms with E-state index in [9.17, 15) is 0 Å². The van der Waals surface area contributed by atoms with Crippen molar-refractivity contribution in [2.75, 3.05) is 12.4 Å². The summed E-state index contributed by atoms with van der Waals surface area (Å²) in [5.41, 5.74) is 0. The average molecular weight is 192 g/mol. The molecule has 0 aromatic carbocycles.